The van der Waals surface area contributed by atoms with Gasteiger partial charge in [-0.15, -0.1) is 0 Å². The van der Waals surface area contributed by atoms with Crippen molar-refractivity contribution in [2.24, 2.45) is 0 Å². The number of benzene rings is 1. The largest absolute Gasteiger partial charge is 0.395 e. The van der Waals surface area contributed by atoms with Gasteiger partial charge < -0.3 is 5.11 Å². The van der Waals surface area contributed by atoms with Gasteiger partial charge in [-0.2, -0.15) is 5.26 Å². The summed E-state index contributed by atoms with van der Waals surface area (Å²) < 4.78 is 0. The van der Waals surface area contributed by atoms with Gasteiger partial charge in [0, 0.05) is 12.0 Å². The van der Waals surface area contributed by atoms with Gasteiger partial charge in [-0.25, -0.2) is 0 Å². The number of nitrogens with one attached hydrogen (secondary N) is 1. The second-order valence-corrected chi connectivity index (χ2v) is 5.33. The van der Waals surface area contributed by atoms with Crippen LogP contribution in [-0.4, -0.2) is 23.8 Å². The van der Waals surface area contributed by atoms with Gasteiger partial charge in [0.25, 0.3) is 0 Å². The molecule has 0 bridgehead atoms. The molecule has 0 saturated carbocycles. The first-order chi connectivity index (χ1) is 9.33. The SMILES string of the molecule is N#C[C@H]1N[C@H](CO)[C@@H]1c1ccc(C2=CCCC2)cc1. The molecule has 98 valence electrons. The van der Waals surface area contributed by atoms with Gasteiger partial charge in [0.05, 0.1) is 12.7 Å². The van der Waals surface area contributed by atoms with Crippen LogP contribution in [0.5, 0.6) is 0 Å². The van der Waals surface area contributed by atoms with Crippen molar-refractivity contribution in [3.05, 3.63) is 41.5 Å². The van der Waals surface area contributed by atoms with E-state index >= 15 is 0 Å². The fraction of sp³-hybridized carbons (Fsp3) is 0.438. The molecule has 0 radical (unpaired) electrons. The maximum Gasteiger partial charge on any atom is 0.104 e. The molecule has 1 heterocycles. The van der Waals surface area contributed by atoms with Crippen molar-refractivity contribution in [3.63, 3.8) is 0 Å². The van der Waals surface area contributed by atoms with Crippen molar-refractivity contribution < 1.29 is 5.11 Å². The van der Waals surface area contributed by atoms with Crippen LogP contribution in [0.4, 0.5) is 0 Å². The first-order valence-electron chi connectivity index (χ1n) is 6.89. The van der Waals surface area contributed by atoms with Crippen molar-refractivity contribution >= 4 is 5.57 Å². The molecule has 0 aromatic heterocycles. The highest BCUT2D eigenvalue weighted by Gasteiger charge is 2.41. The topological polar surface area (TPSA) is 56.0 Å². The normalized spacial score (nSPS) is 29.5. The van der Waals surface area contributed by atoms with E-state index in [1.54, 1.807) is 0 Å². The van der Waals surface area contributed by atoms with Crippen molar-refractivity contribution in [1.82, 2.24) is 5.32 Å². The van der Waals surface area contributed by atoms with E-state index in [9.17, 15) is 5.11 Å². The predicted octanol–water partition coefficient (Wildman–Crippen LogP) is 2.19. The Balaban J connectivity index is 1.80. The third-order valence-electron chi connectivity index (χ3n) is 4.23. The Morgan fingerprint density at radius 2 is 2.11 bits per heavy atom. The molecule has 2 aliphatic rings. The standard InChI is InChI=1S/C16H18N2O/c17-9-14-16(15(10-19)18-14)13-7-5-12(6-8-13)11-3-1-2-4-11/h3,5-8,14-16,18-19H,1-2,4,10H2/t14-,15-,16-/m1/s1. The summed E-state index contributed by atoms with van der Waals surface area (Å²) in [6.07, 6.45) is 5.93. The van der Waals surface area contributed by atoms with Gasteiger partial charge in [0.2, 0.25) is 0 Å². The van der Waals surface area contributed by atoms with E-state index in [0.29, 0.717) is 0 Å². The summed E-state index contributed by atoms with van der Waals surface area (Å²) in [4.78, 5) is 0. The Morgan fingerprint density at radius 3 is 2.68 bits per heavy atom. The Kier molecular flexibility index (Phi) is 3.37. The van der Waals surface area contributed by atoms with Crippen LogP contribution in [0.2, 0.25) is 0 Å². The van der Waals surface area contributed by atoms with Crippen LogP contribution in [0.1, 0.15) is 36.3 Å². The lowest BCUT2D eigenvalue weighted by Crippen LogP contribution is -2.60. The number of aliphatic hydroxyl groups is 1. The molecule has 3 heteroatoms. The Labute approximate surface area is 113 Å². The van der Waals surface area contributed by atoms with Crippen molar-refractivity contribution in [1.29, 1.82) is 5.26 Å². The summed E-state index contributed by atoms with van der Waals surface area (Å²) in [7, 11) is 0. The summed E-state index contributed by atoms with van der Waals surface area (Å²) in [6.45, 7) is 0.0791. The minimum Gasteiger partial charge on any atom is -0.395 e. The van der Waals surface area contributed by atoms with Gasteiger partial charge in [0.15, 0.2) is 0 Å². The average molecular weight is 254 g/mol. The lowest BCUT2D eigenvalue weighted by molar-refractivity contribution is 0.151. The number of hydrogen-bond donors (Lipinski definition) is 2. The van der Waals surface area contributed by atoms with Crippen molar-refractivity contribution in [3.8, 4) is 6.07 Å². The minimum absolute atomic E-state index is 0.0150. The van der Waals surface area contributed by atoms with E-state index in [-0.39, 0.29) is 24.6 Å². The molecule has 0 unspecified atom stereocenters. The highest BCUT2D eigenvalue weighted by atomic mass is 16.3. The quantitative estimate of drug-likeness (QED) is 0.869. The van der Waals surface area contributed by atoms with E-state index in [0.717, 1.165) is 5.56 Å². The van der Waals surface area contributed by atoms with E-state index in [1.807, 2.05) is 0 Å². The highest BCUT2D eigenvalue weighted by Crippen LogP contribution is 2.33. The lowest BCUT2D eigenvalue weighted by atomic mass is 9.78. The number of allylic oxidation sites excluding steroid dienone is 2. The van der Waals surface area contributed by atoms with Gasteiger partial charge >= 0.3 is 0 Å². The Morgan fingerprint density at radius 1 is 1.32 bits per heavy atom. The maximum absolute atomic E-state index is 9.28. The smallest absolute Gasteiger partial charge is 0.104 e. The number of nitrogens with zero attached hydrogens (tertiary/aromatic N) is 1. The van der Waals surface area contributed by atoms with Gasteiger partial charge in [-0.1, -0.05) is 30.3 Å². The summed E-state index contributed by atoms with van der Waals surface area (Å²) >= 11 is 0. The molecular formula is C16H18N2O. The summed E-state index contributed by atoms with van der Waals surface area (Å²) in [5.74, 6) is 0.113. The Bertz CT molecular complexity index is 527. The molecular weight excluding hydrogens is 236 g/mol. The molecule has 3 nitrogen and oxygen atoms in total. The third-order valence-corrected chi connectivity index (χ3v) is 4.23. The molecule has 0 spiro atoms. The second kappa shape index (κ2) is 5.16. The molecule has 3 rings (SSSR count). The molecule has 1 aromatic rings. The molecule has 1 aliphatic carbocycles. The monoisotopic (exact) mass is 254 g/mol. The van der Waals surface area contributed by atoms with Gasteiger partial charge in [-0.05, 0) is 36.0 Å². The lowest BCUT2D eigenvalue weighted by Gasteiger charge is -2.42. The highest BCUT2D eigenvalue weighted by molar-refractivity contribution is 5.67. The average Bonchev–Trinajstić information content (AvgIpc) is 2.93. The molecule has 1 saturated heterocycles. The molecule has 0 amide bonds. The number of rotatable bonds is 3. The fourth-order valence-corrected chi connectivity index (χ4v) is 3.11. The van der Waals surface area contributed by atoms with Crippen LogP contribution >= 0.6 is 0 Å². The van der Waals surface area contributed by atoms with Crippen molar-refractivity contribution in [2.75, 3.05) is 6.61 Å². The molecule has 2 N–H and O–H groups in total. The predicted molar refractivity (Wildman–Crippen MR) is 74.4 cm³/mol. The zero-order valence-corrected chi connectivity index (χ0v) is 10.8. The van der Waals surface area contributed by atoms with E-state index < -0.39 is 0 Å². The maximum atomic E-state index is 9.28. The summed E-state index contributed by atoms with van der Waals surface area (Å²) in [5, 5.41) is 21.4. The minimum atomic E-state index is -0.173. The number of nitriles is 1. The zero-order valence-electron chi connectivity index (χ0n) is 10.8. The zero-order chi connectivity index (χ0) is 13.2. The molecule has 1 fully saturated rings. The molecule has 19 heavy (non-hydrogen) atoms. The second-order valence-electron chi connectivity index (χ2n) is 5.33. The van der Waals surface area contributed by atoms with Crippen LogP contribution in [-0.2, 0) is 0 Å². The summed E-state index contributed by atoms with van der Waals surface area (Å²) in [6, 6.07) is 10.6. The van der Waals surface area contributed by atoms with Crippen LogP contribution in [0.3, 0.4) is 0 Å². The van der Waals surface area contributed by atoms with Crippen molar-refractivity contribution in [2.45, 2.75) is 37.3 Å². The van der Waals surface area contributed by atoms with E-state index in [2.05, 4.69) is 41.7 Å². The fourth-order valence-electron chi connectivity index (χ4n) is 3.11. The first kappa shape index (κ1) is 12.4. The van der Waals surface area contributed by atoms with Crippen LogP contribution in [0.15, 0.2) is 30.3 Å². The van der Waals surface area contributed by atoms with Crippen LogP contribution in [0, 0.1) is 11.3 Å². The molecule has 1 aliphatic heterocycles. The summed E-state index contributed by atoms with van der Waals surface area (Å²) in [5.41, 5.74) is 3.88. The number of hydrogen-bond acceptors (Lipinski definition) is 3. The number of aliphatic hydroxyl groups excluding tert-OH is 1. The first-order valence-corrected chi connectivity index (χ1v) is 6.89. The molecule has 3 atom stereocenters. The Hall–Kier alpha value is -1.63. The van der Waals surface area contributed by atoms with Gasteiger partial charge in [0.1, 0.15) is 6.04 Å². The van der Waals surface area contributed by atoms with E-state index in [4.69, 9.17) is 5.26 Å². The van der Waals surface area contributed by atoms with Crippen LogP contribution < -0.4 is 5.32 Å². The third kappa shape index (κ3) is 2.18. The van der Waals surface area contributed by atoms with Gasteiger partial charge in [-0.3, -0.25) is 5.32 Å². The van der Waals surface area contributed by atoms with E-state index in [1.165, 1.54) is 30.4 Å². The van der Waals surface area contributed by atoms with Crippen LogP contribution in [0.25, 0.3) is 5.57 Å². The molecule has 1 aromatic carbocycles.